The third kappa shape index (κ3) is 4.18. The summed E-state index contributed by atoms with van der Waals surface area (Å²) in [6.07, 6.45) is 2.01. The van der Waals surface area contributed by atoms with Crippen molar-refractivity contribution in [1.29, 1.82) is 0 Å². The van der Waals surface area contributed by atoms with Gasteiger partial charge in [0.15, 0.2) is 0 Å². The highest BCUT2D eigenvalue weighted by molar-refractivity contribution is 6.31. The Morgan fingerprint density at radius 1 is 1.33 bits per heavy atom. The number of hydrogen-bond acceptors (Lipinski definition) is 3. The second-order valence-electron chi connectivity index (χ2n) is 4.35. The van der Waals surface area contributed by atoms with Crippen molar-refractivity contribution in [3.63, 3.8) is 0 Å². The maximum absolute atomic E-state index is 11.8. The average molecular weight is 276 g/mol. The third-order valence-corrected chi connectivity index (χ3v) is 2.97. The average Bonchev–Trinajstić information content (AvgIpc) is 2.81. The molecule has 102 valence electrons. The molecule has 0 bridgehead atoms. The molecule has 18 heavy (non-hydrogen) atoms. The molecule has 0 spiro atoms. The number of nitrogens with zero attached hydrogens (tertiary/aromatic N) is 2. The number of carbonyl (C=O) groups is 3. The number of urea groups is 1. The highest BCUT2D eigenvalue weighted by Crippen LogP contribution is 2.07. The van der Waals surface area contributed by atoms with Gasteiger partial charge in [0.25, 0.3) is 0 Å². The molecule has 1 N–H and O–H groups in total. The number of likely N-dealkylation sites (tertiary alicyclic amines) is 1. The number of rotatable bonds is 3. The van der Waals surface area contributed by atoms with E-state index >= 15 is 0 Å². The fourth-order valence-corrected chi connectivity index (χ4v) is 1.70. The molecule has 1 atom stereocenters. The molecule has 0 aromatic heterocycles. The number of amides is 4. The maximum Gasteiger partial charge on any atom is 0.324 e. The second-order valence-corrected chi connectivity index (χ2v) is 5.01. The summed E-state index contributed by atoms with van der Waals surface area (Å²) in [7, 11) is 1.47. The van der Waals surface area contributed by atoms with Crippen LogP contribution in [0.2, 0.25) is 0 Å². The van der Waals surface area contributed by atoms with E-state index in [1.165, 1.54) is 18.9 Å². The van der Waals surface area contributed by atoms with Gasteiger partial charge in [-0.1, -0.05) is 0 Å². The van der Waals surface area contributed by atoms with Crippen LogP contribution in [0.4, 0.5) is 4.79 Å². The highest BCUT2D eigenvalue weighted by atomic mass is 35.5. The zero-order valence-corrected chi connectivity index (χ0v) is 11.4. The Labute approximate surface area is 111 Å². The number of imide groups is 1. The minimum atomic E-state index is -0.781. The fourth-order valence-electron chi connectivity index (χ4n) is 1.64. The van der Waals surface area contributed by atoms with E-state index in [1.807, 2.05) is 0 Å². The summed E-state index contributed by atoms with van der Waals surface area (Å²) in [5, 5.41) is 1.34. The highest BCUT2D eigenvalue weighted by Gasteiger charge is 2.22. The Kier molecular flexibility index (Phi) is 5.40. The third-order valence-electron chi connectivity index (χ3n) is 2.77. The zero-order chi connectivity index (χ0) is 13.7. The van der Waals surface area contributed by atoms with Crippen molar-refractivity contribution in [1.82, 2.24) is 15.1 Å². The van der Waals surface area contributed by atoms with Gasteiger partial charge >= 0.3 is 6.03 Å². The summed E-state index contributed by atoms with van der Waals surface area (Å²) in [4.78, 5) is 37.5. The lowest BCUT2D eigenvalue weighted by atomic mass is 10.4. The summed E-state index contributed by atoms with van der Waals surface area (Å²) in [5.41, 5.74) is 0. The lowest BCUT2D eigenvalue weighted by Gasteiger charge is -2.21. The number of carbonyl (C=O) groups excluding carboxylic acids is 3. The summed E-state index contributed by atoms with van der Waals surface area (Å²) in [5.74, 6) is -0.668. The van der Waals surface area contributed by atoms with E-state index in [2.05, 4.69) is 5.32 Å². The number of halogens is 1. The van der Waals surface area contributed by atoms with Crippen LogP contribution in [0.25, 0.3) is 0 Å². The van der Waals surface area contributed by atoms with Gasteiger partial charge in [-0.15, -0.1) is 11.6 Å². The van der Waals surface area contributed by atoms with Gasteiger partial charge < -0.3 is 9.80 Å². The van der Waals surface area contributed by atoms with Crippen molar-refractivity contribution >= 4 is 29.4 Å². The Bertz CT molecular complexity index is 340. The van der Waals surface area contributed by atoms with E-state index in [4.69, 9.17) is 11.6 Å². The first-order valence-electron chi connectivity index (χ1n) is 5.89. The number of hydrogen-bond donors (Lipinski definition) is 1. The first-order chi connectivity index (χ1) is 8.41. The minimum Gasteiger partial charge on any atom is -0.341 e. The lowest BCUT2D eigenvalue weighted by Crippen LogP contribution is -2.47. The van der Waals surface area contributed by atoms with Crippen molar-refractivity contribution in [3.8, 4) is 0 Å². The van der Waals surface area contributed by atoms with Crippen LogP contribution >= 0.6 is 11.6 Å². The van der Waals surface area contributed by atoms with Crippen molar-refractivity contribution in [3.05, 3.63) is 0 Å². The largest absolute Gasteiger partial charge is 0.341 e. The predicted molar refractivity (Wildman–Crippen MR) is 67.3 cm³/mol. The molecule has 1 aliphatic rings. The van der Waals surface area contributed by atoms with Crippen LogP contribution in [0.1, 0.15) is 19.8 Å². The molecule has 1 rings (SSSR count). The smallest absolute Gasteiger partial charge is 0.324 e. The molecule has 1 saturated heterocycles. The van der Waals surface area contributed by atoms with Gasteiger partial charge in [0.2, 0.25) is 11.8 Å². The van der Waals surface area contributed by atoms with Gasteiger partial charge in [-0.05, 0) is 19.8 Å². The molecule has 0 aromatic rings. The summed E-state index contributed by atoms with van der Waals surface area (Å²) < 4.78 is 0. The monoisotopic (exact) mass is 275 g/mol. The van der Waals surface area contributed by atoms with E-state index < -0.39 is 17.3 Å². The summed E-state index contributed by atoms with van der Waals surface area (Å²) >= 11 is 5.53. The topological polar surface area (TPSA) is 69.7 Å². The molecule has 1 fully saturated rings. The SMILES string of the molecule is CC(Cl)C(=O)NC(=O)N(C)CC(=O)N1CCCC1. The van der Waals surface area contributed by atoms with Crippen molar-refractivity contribution in [2.24, 2.45) is 0 Å². The maximum atomic E-state index is 11.8. The first kappa shape index (κ1) is 14.8. The van der Waals surface area contributed by atoms with Crippen LogP contribution < -0.4 is 5.32 Å². The van der Waals surface area contributed by atoms with Gasteiger partial charge in [-0.25, -0.2) is 4.79 Å². The van der Waals surface area contributed by atoms with Crippen LogP contribution in [-0.2, 0) is 9.59 Å². The van der Waals surface area contributed by atoms with Crippen LogP contribution in [-0.4, -0.2) is 59.7 Å². The van der Waals surface area contributed by atoms with Crippen molar-refractivity contribution < 1.29 is 14.4 Å². The van der Waals surface area contributed by atoms with Gasteiger partial charge in [0, 0.05) is 20.1 Å². The van der Waals surface area contributed by atoms with E-state index in [9.17, 15) is 14.4 Å². The molecule has 4 amide bonds. The molecule has 1 aliphatic heterocycles. The van der Waals surface area contributed by atoms with Gasteiger partial charge in [-0.3, -0.25) is 14.9 Å². The number of nitrogens with one attached hydrogen (secondary N) is 1. The summed E-state index contributed by atoms with van der Waals surface area (Å²) in [6, 6.07) is -0.611. The Balaban J connectivity index is 2.39. The fraction of sp³-hybridized carbons (Fsp3) is 0.727. The van der Waals surface area contributed by atoms with Crippen LogP contribution in [0, 0.1) is 0 Å². The number of alkyl halides is 1. The molecule has 1 heterocycles. The van der Waals surface area contributed by atoms with Crippen LogP contribution in [0.3, 0.4) is 0 Å². The molecular formula is C11H18ClN3O3. The van der Waals surface area contributed by atoms with E-state index in [0.29, 0.717) is 0 Å². The Morgan fingerprint density at radius 2 is 1.89 bits per heavy atom. The standard InChI is InChI=1S/C11H18ClN3O3/c1-8(12)10(17)13-11(18)14(2)7-9(16)15-5-3-4-6-15/h8H,3-7H2,1-2H3,(H,13,17,18). The number of likely N-dealkylation sites (N-methyl/N-ethyl adjacent to an activating group) is 1. The lowest BCUT2D eigenvalue weighted by molar-refractivity contribution is -0.130. The van der Waals surface area contributed by atoms with Crippen molar-refractivity contribution in [2.75, 3.05) is 26.7 Å². The summed E-state index contributed by atoms with van der Waals surface area (Å²) in [6.45, 7) is 2.92. The van der Waals surface area contributed by atoms with Gasteiger partial charge in [0.1, 0.15) is 11.9 Å². The van der Waals surface area contributed by atoms with Crippen LogP contribution in [0.5, 0.6) is 0 Å². The molecule has 6 nitrogen and oxygen atoms in total. The van der Waals surface area contributed by atoms with E-state index in [0.717, 1.165) is 25.9 Å². The molecule has 0 aliphatic carbocycles. The predicted octanol–water partition coefficient (Wildman–Crippen LogP) is 0.404. The molecular weight excluding hydrogens is 258 g/mol. The molecule has 7 heteroatoms. The molecule has 0 radical (unpaired) electrons. The minimum absolute atomic E-state index is 0.0320. The Hall–Kier alpha value is -1.30. The van der Waals surface area contributed by atoms with Crippen molar-refractivity contribution in [2.45, 2.75) is 25.1 Å². The van der Waals surface area contributed by atoms with E-state index in [-0.39, 0.29) is 12.5 Å². The first-order valence-corrected chi connectivity index (χ1v) is 6.33. The Morgan fingerprint density at radius 3 is 2.39 bits per heavy atom. The van der Waals surface area contributed by atoms with Gasteiger partial charge in [0.05, 0.1) is 0 Å². The molecule has 0 saturated carbocycles. The molecule has 0 aromatic carbocycles. The zero-order valence-electron chi connectivity index (χ0n) is 10.6. The second kappa shape index (κ2) is 6.58. The molecule has 1 unspecified atom stereocenters. The van der Waals surface area contributed by atoms with E-state index in [1.54, 1.807) is 4.90 Å². The normalized spacial score (nSPS) is 16.3. The van der Waals surface area contributed by atoms with Gasteiger partial charge in [-0.2, -0.15) is 0 Å². The van der Waals surface area contributed by atoms with Crippen LogP contribution in [0.15, 0.2) is 0 Å². The quantitative estimate of drug-likeness (QED) is 0.758.